The molecule has 0 fully saturated rings. The van der Waals surface area contributed by atoms with Crippen LogP contribution in [0.1, 0.15) is 16.1 Å². The number of benzene rings is 1. The van der Waals surface area contributed by atoms with Gasteiger partial charge in [0.25, 0.3) is 0 Å². The van der Waals surface area contributed by atoms with Crippen molar-refractivity contribution in [3.8, 4) is 11.4 Å². The van der Waals surface area contributed by atoms with Crippen LogP contribution in [-0.4, -0.2) is 37.4 Å². The molecule has 0 spiro atoms. The number of hydrogen-bond donors (Lipinski definition) is 1. The molecule has 4 rings (SSSR count). The Balaban J connectivity index is 1.65. The van der Waals surface area contributed by atoms with E-state index in [1.165, 1.54) is 7.11 Å². The quantitative estimate of drug-likeness (QED) is 0.559. The van der Waals surface area contributed by atoms with Crippen LogP contribution in [0, 0.1) is 6.92 Å². The molecule has 3 aromatic heterocycles. The van der Waals surface area contributed by atoms with Crippen LogP contribution in [0.25, 0.3) is 17.0 Å². The first-order chi connectivity index (χ1) is 13.2. The summed E-state index contributed by atoms with van der Waals surface area (Å²) in [4.78, 5) is 29.0. The number of rotatable bonds is 4. The summed E-state index contributed by atoms with van der Waals surface area (Å²) in [5.74, 6) is 0.0686. The molecule has 0 aliphatic heterocycles. The van der Waals surface area contributed by atoms with Crippen molar-refractivity contribution in [2.75, 3.05) is 12.4 Å². The van der Waals surface area contributed by atoms with Gasteiger partial charge in [-0.3, -0.25) is 9.38 Å². The van der Waals surface area contributed by atoms with E-state index in [0.717, 1.165) is 28.4 Å². The summed E-state index contributed by atoms with van der Waals surface area (Å²) >= 11 is 0. The van der Waals surface area contributed by atoms with Gasteiger partial charge in [-0.1, -0.05) is 0 Å². The molecule has 1 N–H and O–H groups in total. The van der Waals surface area contributed by atoms with Crippen LogP contribution in [0.2, 0.25) is 0 Å². The number of aromatic nitrogens is 5. The highest BCUT2D eigenvalue weighted by molar-refractivity contribution is 5.89. The zero-order chi connectivity index (χ0) is 18.8. The third-order valence-corrected chi connectivity index (χ3v) is 4.06. The molecule has 0 unspecified atom stereocenters. The topological polar surface area (TPSA) is 94.3 Å². The van der Waals surface area contributed by atoms with Crippen molar-refractivity contribution in [2.24, 2.45) is 0 Å². The first kappa shape index (κ1) is 16.6. The molecule has 4 aromatic rings. The molecule has 0 bridgehead atoms. The van der Waals surface area contributed by atoms with Crippen molar-refractivity contribution < 1.29 is 9.53 Å². The molecule has 0 saturated carbocycles. The zero-order valence-electron chi connectivity index (χ0n) is 14.7. The lowest BCUT2D eigenvalue weighted by Gasteiger charge is -2.08. The van der Waals surface area contributed by atoms with E-state index in [9.17, 15) is 4.79 Å². The summed E-state index contributed by atoms with van der Waals surface area (Å²) in [7, 11) is 1.35. The Bertz CT molecular complexity index is 1120. The molecule has 3 heterocycles. The second-order valence-corrected chi connectivity index (χ2v) is 5.81. The highest BCUT2D eigenvalue weighted by Gasteiger charge is 2.13. The molecule has 0 saturated heterocycles. The number of esters is 1. The standard InChI is InChI=1S/C19H16N6O2/c1-12-17(25-10-9-20-11-16(25)22-12)15-7-8-21-19(24-15)23-14-5-3-13(4-6-14)18(26)27-2/h3-11H,1-2H3,(H,21,23,24). The lowest BCUT2D eigenvalue weighted by molar-refractivity contribution is 0.0601. The van der Waals surface area contributed by atoms with Crippen LogP contribution >= 0.6 is 0 Å². The summed E-state index contributed by atoms with van der Waals surface area (Å²) in [5, 5.41) is 3.14. The van der Waals surface area contributed by atoms with Crippen LogP contribution in [0.4, 0.5) is 11.6 Å². The molecule has 0 aliphatic rings. The number of nitrogens with one attached hydrogen (secondary N) is 1. The fourth-order valence-corrected chi connectivity index (χ4v) is 2.82. The summed E-state index contributed by atoms with van der Waals surface area (Å²) < 4.78 is 6.65. The zero-order valence-corrected chi connectivity index (χ0v) is 14.7. The maximum atomic E-state index is 11.5. The van der Waals surface area contributed by atoms with Crippen LogP contribution in [0.3, 0.4) is 0 Å². The second-order valence-electron chi connectivity index (χ2n) is 5.81. The molecule has 8 nitrogen and oxygen atoms in total. The minimum absolute atomic E-state index is 0.377. The molecule has 1 aromatic carbocycles. The van der Waals surface area contributed by atoms with Gasteiger partial charge in [0.2, 0.25) is 5.95 Å². The first-order valence-electron chi connectivity index (χ1n) is 8.23. The SMILES string of the molecule is COC(=O)c1ccc(Nc2nccc(-c3c(C)nc4cnccn34)n2)cc1. The molecule has 0 aliphatic carbocycles. The number of ether oxygens (including phenoxy) is 1. The molecule has 8 heteroatoms. The van der Waals surface area contributed by atoms with Gasteiger partial charge in [0.05, 0.1) is 36.0 Å². The second kappa shape index (κ2) is 6.83. The van der Waals surface area contributed by atoms with Gasteiger partial charge in [-0.05, 0) is 37.3 Å². The number of methoxy groups -OCH3 is 1. The fraction of sp³-hybridized carbons (Fsp3) is 0.105. The summed E-state index contributed by atoms with van der Waals surface area (Å²) in [6.45, 7) is 1.93. The number of hydrogen-bond acceptors (Lipinski definition) is 7. The molecule has 134 valence electrons. The minimum Gasteiger partial charge on any atom is -0.465 e. The van der Waals surface area contributed by atoms with Gasteiger partial charge in [-0.2, -0.15) is 0 Å². The fourth-order valence-electron chi connectivity index (χ4n) is 2.82. The Morgan fingerprint density at radius 3 is 2.70 bits per heavy atom. The highest BCUT2D eigenvalue weighted by Crippen LogP contribution is 2.24. The van der Waals surface area contributed by atoms with Crippen LogP contribution in [0.5, 0.6) is 0 Å². The van der Waals surface area contributed by atoms with Crippen molar-refractivity contribution in [1.29, 1.82) is 0 Å². The summed E-state index contributed by atoms with van der Waals surface area (Å²) in [6, 6.07) is 8.74. The number of carbonyl (C=O) groups is 1. The minimum atomic E-state index is -0.377. The maximum absolute atomic E-state index is 11.5. The Morgan fingerprint density at radius 2 is 1.93 bits per heavy atom. The molecule has 0 radical (unpaired) electrons. The van der Waals surface area contributed by atoms with Crippen LogP contribution < -0.4 is 5.32 Å². The average Bonchev–Trinajstić information content (AvgIpc) is 3.04. The molecular weight excluding hydrogens is 344 g/mol. The van der Waals surface area contributed by atoms with E-state index in [1.807, 2.05) is 23.6 Å². The van der Waals surface area contributed by atoms with Crippen molar-refractivity contribution in [3.05, 3.63) is 66.4 Å². The van der Waals surface area contributed by atoms with Gasteiger partial charge in [0.1, 0.15) is 0 Å². The Hall–Kier alpha value is -3.81. The lowest BCUT2D eigenvalue weighted by atomic mass is 10.2. The van der Waals surface area contributed by atoms with E-state index in [4.69, 9.17) is 4.74 Å². The Morgan fingerprint density at radius 1 is 1.11 bits per heavy atom. The van der Waals surface area contributed by atoms with E-state index >= 15 is 0 Å². The van der Waals surface area contributed by atoms with E-state index in [0.29, 0.717) is 11.5 Å². The molecule has 0 amide bonds. The van der Waals surface area contributed by atoms with Crippen molar-refractivity contribution in [1.82, 2.24) is 24.3 Å². The van der Waals surface area contributed by atoms with Crippen LogP contribution in [0.15, 0.2) is 55.1 Å². The van der Waals surface area contributed by atoms with E-state index in [2.05, 4.69) is 25.3 Å². The largest absolute Gasteiger partial charge is 0.465 e. The van der Waals surface area contributed by atoms with Gasteiger partial charge in [-0.25, -0.2) is 19.7 Å². The smallest absolute Gasteiger partial charge is 0.337 e. The predicted octanol–water partition coefficient (Wildman–Crippen LogP) is 3.02. The number of anilines is 2. The van der Waals surface area contributed by atoms with E-state index < -0.39 is 0 Å². The summed E-state index contributed by atoms with van der Waals surface area (Å²) in [5.41, 5.74) is 4.49. The summed E-state index contributed by atoms with van der Waals surface area (Å²) in [6.07, 6.45) is 6.96. The molecule has 0 atom stereocenters. The monoisotopic (exact) mass is 360 g/mol. The van der Waals surface area contributed by atoms with Gasteiger partial charge >= 0.3 is 5.97 Å². The predicted molar refractivity (Wildman–Crippen MR) is 99.8 cm³/mol. The van der Waals surface area contributed by atoms with Gasteiger partial charge < -0.3 is 10.1 Å². The lowest BCUT2D eigenvalue weighted by Crippen LogP contribution is -2.02. The van der Waals surface area contributed by atoms with Gasteiger partial charge in [0, 0.05) is 24.3 Å². The molecular formula is C19H16N6O2. The number of carbonyl (C=O) groups excluding carboxylic acids is 1. The van der Waals surface area contributed by atoms with Crippen molar-refractivity contribution >= 4 is 23.3 Å². The van der Waals surface area contributed by atoms with Gasteiger partial charge in [0.15, 0.2) is 5.65 Å². The first-order valence-corrected chi connectivity index (χ1v) is 8.23. The van der Waals surface area contributed by atoms with Gasteiger partial charge in [-0.15, -0.1) is 0 Å². The number of nitrogens with zero attached hydrogens (tertiary/aromatic N) is 5. The number of fused-ring (bicyclic) bond motifs is 1. The Kier molecular flexibility index (Phi) is 4.21. The Labute approximate surface area is 154 Å². The average molecular weight is 360 g/mol. The number of imidazole rings is 1. The van der Waals surface area contributed by atoms with Crippen molar-refractivity contribution in [3.63, 3.8) is 0 Å². The van der Waals surface area contributed by atoms with E-state index in [1.54, 1.807) is 42.9 Å². The third kappa shape index (κ3) is 3.20. The highest BCUT2D eigenvalue weighted by atomic mass is 16.5. The normalized spacial score (nSPS) is 10.7. The number of aryl methyl sites for hydroxylation is 1. The van der Waals surface area contributed by atoms with E-state index in [-0.39, 0.29) is 5.97 Å². The maximum Gasteiger partial charge on any atom is 0.337 e. The van der Waals surface area contributed by atoms with Crippen molar-refractivity contribution in [2.45, 2.75) is 6.92 Å². The molecule has 27 heavy (non-hydrogen) atoms. The third-order valence-electron chi connectivity index (χ3n) is 4.06. The van der Waals surface area contributed by atoms with Crippen LogP contribution in [-0.2, 0) is 4.74 Å².